The van der Waals surface area contributed by atoms with Gasteiger partial charge in [-0.3, -0.25) is 10.3 Å². The van der Waals surface area contributed by atoms with Crippen molar-refractivity contribution in [2.45, 2.75) is 39.2 Å². The van der Waals surface area contributed by atoms with Gasteiger partial charge in [0.1, 0.15) is 28.6 Å². The molecule has 4 aromatic rings. The fraction of sp³-hybridized carbons (Fsp3) is 0.294. The Bertz CT molecular complexity index is 1730. The van der Waals surface area contributed by atoms with E-state index in [2.05, 4.69) is 15.1 Å². The van der Waals surface area contributed by atoms with Gasteiger partial charge < -0.3 is 23.8 Å². The average Bonchev–Trinajstić information content (AvgIpc) is 3.01. The maximum Gasteiger partial charge on any atom is 0.417 e. The van der Waals surface area contributed by atoms with E-state index in [-0.39, 0.29) is 29.1 Å². The number of pyridine rings is 1. The number of rotatable bonds is 7. The number of para-hydroxylation sites is 1. The lowest BCUT2D eigenvalue weighted by atomic mass is 9.98. The predicted octanol–water partition coefficient (Wildman–Crippen LogP) is 8.35. The summed E-state index contributed by atoms with van der Waals surface area (Å²) in [6.07, 6.45) is 1.93. The van der Waals surface area contributed by atoms with E-state index in [0.717, 1.165) is 18.9 Å². The first-order chi connectivity index (χ1) is 21.6. The summed E-state index contributed by atoms with van der Waals surface area (Å²) < 4.78 is 37.5. The smallest absolute Gasteiger partial charge is 0.417 e. The number of halogens is 1. The average molecular weight is 613 g/mol. The summed E-state index contributed by atoms with van der Waals surface area (Å²) in [7, 11) is 0. The highest BCUT2D eigenvalue weighted by Crippen LogP contribution is 2.38. The van der Waals surface area contributed by atoms with Crippen LogP contribution in [0.5, 0.6) is 23.0 Å². The molecule has 0 radical (unpaired) electrons. The highest BCUT2D eigenvalue weighted by atomic mass is 19.1. The van der Waals surface area contributed by atoms with Crippen molar-refractivity contribution in [1.29, 1.82) is 0 Å². The molecule has 10 nitrogen and oxygen atoms in total. The van der Waals surface area contributed by atoms with Crippen LogP contribution in [-0.2, 0) is 4.74 Å². The molecule has 0 aliphatic carbocycles. The van der Waals surface area contributed by atoms with Crippen LogP contribution in [0.15, 0.2) is 72.9 Å². The van der Waals surface area contributed by atoms with Crippen LogP contribution in [0.25, 0.3) is 15.7 Å². The minimum atomic E-state index is -0.829. The number of fused-ring (bicyclic) bond motifs is 1. The molecule has 5 rings (SSSR count). The van der Waals surface area contributed by atoms with Crippen molar-refractivity contribution in [3.8, 4) is 23.0 Å². The Labute approximate surface area is 260 Å². The molecule has 232 valence electrons. The first-order valence-corrected chi connectivity index (χ1v) is 14.5. The van der Waals surface area contributed by atoms with Crippen LogP contribution in [0.3, 0.4) is 0 Å². The summed E-state index contributed by atoms with van der Waals surface area (Å²) in [4.78, 5) is 34.3. The largest absolute Gasteiger partial charge is 0.504 e. The molecule has 0 spiro atoms. The minimum absolute atomic E-state index is 0.0736. The number of hydrogen-bond acceptors (Lipinski definition) is 7. The zero-order valence-electron chi connectivity index (χ0n) is 25.2. The zero-order chi connectivity index (χ0) is 32.0. The molecule has 1 aliphatic heterocycles. The van der Waals surface area contributed by atoms with Crippen LogP contribution in [-0.4, -0.2) is 47.4 Å². The zero-order valence-corrected chi connectivity index (χ0v) is 25.2. The molecule has 3 aromatic carbocycles. The van der Waals surface area contributed by atoms with Gasteiger partial charge in [0.25, 0.3) is 0 Å². The first kappa shape index (κ1) is 31.1. The van der Waals surface area contributed by atoms with Crippen molar-refractivity contribution in [1.82, 2.24) is 9.88 Å². The number of amides is 2. The van der Waals surface area contributed by atoms with Gasteiger partial charge in [0.05, 0.1) is 24.4 Å². The number of nitrogens with zero attached hydrogens (tertiary/aromatic N) is 3. The first-order valence-electron chi connectivity index (χ1n) is 14.5. The van der Waals surface area contributed by atoms with Gasteiger partial charge in [-0.2, -0.15) is 0 Å². The molecule has 0 saturated carbocycles. The molecule has 45 heavy (non-hydrogen) atoms. The van der Waals surface area contributed by atoms with Crippen molar-refractivity contribution in [3.05, 3.63) is 90.2 Å². The molecule has 0 bridgehead atoms. The molecule has 11 heteroatoms. The van der Waals surface area contributed by atoms with Crippen LogP contribution in [0, 0.1) is 18.3 Å². The fourth-order valence-electron chi connectivity index (χ4n) is 4.76. The van der Waals surface area contributed by atoms with Gasteiger partial charge in [-0.1, -0.05) is 18.2 Å². The lowest BCUT2D eigenvalue weighted by Gasteiger charge is -2.33. The van der Waals surface area contributed by atoms with Crippen LogP contribution >= 0.6 is 0 Å². The van der Waals surface area contributed by atoms with Crippen molar-refractivity contribution in [3.63, 3.8) is 0 Å². The number of anilines is 1. The van der Waals surface area contributed by atoms with Crippen molar-refractivity contribution < 1.29 is 32.9 Å². The number of aromatic nitrogens is 1. The summed E-state index contributed by atoms with van der Waals surface area (Å²) >= 11 is 0. The number of benzene rings is 3. The van der Waals surface area contributed by atoms with Gasteiger partial charge >= 0.3 is 12.2 Å². The van der Waals surface area contributed by atoms with Gasteiger partial charge in [0.2, 0.25) is 5.69 Å². The molecule has 2 heterocycles. The molecule has 1 saturated heterocycles. The molecule has 1 aliphatic rings. The monoisotopic (exact) mass is 612 g/mol. The maximum absolute atomic E-state index is 14.9. The number of carbonyl (C=O) groups is 2. The summed E-state index contributed by atoms with van der Waals surface area (Å²) in [6, 6.07) is 17.4. The Hall–Kier alpha value is -5.37. The van der Waals surface area contributed by atoms with E-state index in [4.69, 9.17) is 25.5 Å². The number of hydrogen-bond donors (Lipinski definition) is 1. The van der Waals surface area contributed by atoms with Crippen molar-refractivity contribution in [2.75, 3.05) is 25.0 Å². The lowest BCUT2D eigenvalue weighted by molar-refractivity contribution is 0.0165. The molecule has 0 atom stereocenters. The third-order valence-electron chi connectivity index (χ3n) is 7.00. The highest BCUT2D eigenvalue weighted by molar-refractivity contribution is 5.91. The Balaban J connectivity index is 1.22. The summed E-state index contributed by atoms with van der Waals surface area (Å²) in [5.74, 6) is 0.783. The third kappa shape index (κ3) is 8.17. The van der Waals surface area contributed by atoms with E-state index >= 15 is 0 Å². The van der Waals surface area contributed by atoms with Crippen molar-refractivity contribution >= 4 is 34.5 Å². The highest BCUT2D eigenvalue weighted by Gasteiger charge is 2.27. The molecular formula is C34H33FN4O6. The second-order valence-corrected chi connectivity index (χ2v) is 11.6. The van der Waals surface area contributed by atoms with Crippen LogP contribution in [0.4, 0.5) is 25.4 Å². The molecule has 2 amide bonds. The molecule has 0 unspecified atom stereocenters. The summed E-state index contributed by atoms with van der Waals surface area (Å²) in [6.45, 7) is 14.8. The molecular weight excluding hydrogens is 579 g/mol. The maximum atomic E-state index is 14.9. The number of nitrogens with one attached hydrogen (secondary N) is 1. The number of ether oxygens (including phenoxy) is 4. The van der Waals surface area contributed by atoms with Gasteiger partial charge in [0, 0.05) is 30.7 Å². The van der Waals surface area contributed by atoms with Crippen LogP contribution in [0.2, 0.25) is 0 Å². The van der Waals surface area contributed by atoms with E-state index in [1.165, 1.54) is 12.1 Å². The van der Waals surface area contributed by atoms with Crippen LogP contribution < -0.4 is 19.5 Å². The SMILES string of the molecule is [C-]#[N+]c1cc2c(Oc3ccc(NC(=O)Oc4ccccc4)c(F)c3)ccnc2cc1OCC1CCN(C(=O)OC(C)(C)C)CC1. The van der Waals surface area contributed by atoms with E-state index in [0.29, 0.717) is 47.8 Å². The molecule has 1 aromatic heterocycles. The molecule has 1 fully saturated rings. The second-order valence-electron chi connectivity index (χ2n) is 11.6. The van der Waals surface area contributed by atoms with Gasteiger partial charge in [0.15, 0.2) is 5.82 Å². The van der Waals surface area contributed by atoms with E-state index in [1.54, 1.807) is 59.6 Å². The van der Waals surface area contributed by atoms with Gasteiger partial charge in [-0.15, -0.1) is 0 Å². The molecule has 1 N–H and O–H groups in total. The minimum Gasteiger partial charge on any atom is -0.504 e. The Kier molecular flexibility index (Phi) is 9.33. The third-order valence-corrected chi connectivity index (χ3v) is 7.00. The Morgan fingerprint density at radius 2 is 1.78 bits per heavy atom. The van der Waals surface area contributed by atoms with Gasteiger partial charge in [-0.25, -0.2) is 18.8 Å². The normalized spacial score (nSPS) is 13.5. The lowest BCUT2D eigenvalue weighted by Crippen LogP contribution is -2.42. The topological polar surface area (TPSA) is 104 Å². The van der Waals surface area contributed by atoms with E-state index < -0.39 is 17.5 Å². The second kappa shape index (κ2) is 13.5. The summed E-state index contributed by atoms with van der Waals surface area (Å²) in [5, 5.41) is 2.93. The standard InChI is InChI=1S/C34H33FN4O6/c1-34(2,3)45-33(41)39-16-13-22(14-17-39)21-42-31-20-28-25(19-29(31)36-4)30(12-15-37-28)43-24-10-11-27(26(35)18-24)38-32(40)44-23-8-6-5-7-9-23/h5-12,15,18-20,22H,13-14,16-17,21H2,1-3H3,(H,38,40). The van der Waals surface area contributed by atoms with E-state index in [1.807, 2.05) is 20.8 Å². The van der Waals surface area contributed by atoms with Crippen LogP contribution in [0.1, 0.15) is 33.6 Å². The van der Waals surface area contributed by atoms with E-state index in [9.17, 15) is 14.0 Å². The predicted molar refractivity (Wildman–Crippen MR) is 167 cm³/mol. The summed E-state index contributed by atoms with van der Waals surface area (Å²) in [5.41, 5.74) is 0.211. The van der Waals surface area contributed by atoms with Crippen molar-refractivity contribution in [2.24, 2.45) is 5.92 Å². The Morgan fingerprint density at radius 3 is 2.47 bits per heavy atom. The number of carbonyl (C=O) groups excluding carboxylic acids is 2. The fourth-order valence-corrected chi connectivity index (χ4v) is 4.76. The quantitative estimate of drug-likeness (QED) is 0.209. The number of piperidine rings is 1. The Morgan fingerprint density at radius 1 is 1.02 bits per heavy atom. The number of likely N-dealkylation sites (tertiary alicyclic amines) is 1. The van der Waals surface area contributed by atoms with Gasteiger partial charge in [-0.05, 0) is 82.0 Å².